The van der Waals surface area contributed by atoms with Crippen LogP contribution in [-0.2, 0) is 0 Å². The monoisotopic (exact) mass is 413 g/mol. The van der Waals surface area contributed by atoms with Crippen molar-refractivity contribution in [3.05, 3.63) is 93.7 Å². The van der Waals surface area contributed by atoms with Crippen molar-refractivity contribution in [1.82, 2.24) is 10.4 Å². The van der Waals surface area contributed by atoms with Crippen molar-refractivity contribution in [2.24, 2.45) is 5.10 Å². The lowest BCUT2D eigenvalue weighted by atomic mass is 10.2. The van der Waals surface area contributed by atoms with Crippen molar-refractivity contribution in [1.29, 1.82) is 0 Å². The molecule has 0 saturated heterocycles. The zero-order valence-electron chi connectivity index (χ0n) is 14.3. The highest BCUT2D eigenvalue weighted by Crippen LogP contribution is 2.23. The number of esters is 1. The van der Waals surface area contributed by atoms with Gasteiger partial charge in [-0.3, -0.25) is 9.78 Å². The Morgan fingerprint density at radius 1 is 1.04 bits per heavy atom. The lowest BCUT2D eigenvalue weighted by Crippen LogP contribution is -2.17. The van der Waals surface area contributed by atoms with E-state index in [-0.39, 0.29) is 16.5 Å². The molecule has 1 amide bonds. The average Bonchev–Trinajstić information content (AvgIpc) is 2.68. The summed E-state index contributed by atoms with van der Waals surface area (Å²) in [7, 11) is 0. The SMILES string of the molecule is O=C(NN=Cc1cccc(OC(=O)c2ccc(Cl)cc2Cl)c1)c1ccncc1. The number of pyridine rings is 1. The minimum Gasteiger partial charge on any atom is -0.423 e. The number of nitrogens with zero attached hydrogens (tertiary/aromatic N) is 2. The molecule has 0 radical (unpaired) electrons. The van der Waals surface area contributed by atoms with Gasteiger partial charge in [-0.05, 0) is 48.0 Å². The summed E-state index contributed by atoms with van der Waals surface area (Å²) in [5.74, 6) is -0.666. The van der Waals surface area contributed by atoms with Gasteiger partial charge in [0, 0.05) is 23.0 Å². The minimum absolute atomic E-state index is 0.203. The number of hydrazone groups is 1. The second-order valence-corrected chi connectivity index (χ2v) is 6.36. The number of ether oxygens (including phenoxy) is 1. The molecule has 3 rings (SSSR count). The van der Waals surface area contributed by atoms with Crippen LogP contribution in [0.25, 0.3) is 0 Å². The third-order valence-electron chi connectivity index (χ3n) is 3.54. The molecule has 0 aliphatic heterocycles. The van der Waals surface area contributed by atoms with Crippen LogP contribution in [0, 0.1) is 0 Å². The Kier molecular flexibility index (Phi) is 6.37. The van der Waals surface area contributed by atoms with Gasteiger partial charge < -0.3 is 4.74 Å². The molecule has 0 saturated carbocycles. The van der Waals surface area contributed by atoms with Crippen LogP contribution in [0.3, 0.4) is 0 Å². The molecule has 2 aromatic carbocycles. The highest BCUT2D eigenvalue weighted by atomic mass is 35.5. The van der Waals surface area contributed by atoms with Crippen LogP contribution in [0.15, 0.2) is 72.1 Å². The van der Waals surface area contributed by atoms with Gasteiger partial charge in [0.25, 0.3) is 5.91 Å². The topological polar surface area (TPSA) is 80.6 Å². The molecule has 28 heavy (non-hydrogen) atoms. The summed E-state index contributed by atoms with van der Waals surface area (Å²) < 4.78 is 5.34. The number of rotatable bonds is 5. The van der Waals surface area contributed by atoms with Gasteiger partial charge in [0.05, 0.1) is 16.8 Å². The number of halogens is 2. The third-order valence-corrected chi connectivity index (χ3v) is 4.09. The normalized spacial score (nSPS) is 10.6. The Bertz CT molecular complexity index is 1040. The fraction of sp³-hybridized carbons (Fsp3) is 0. The number of carbonyl (C=O) groups excluding carboxylic acids is 2. The van der Waals surface area contributed by atoms with Crippen LogP contribution in [0.5, 0.6) is 5.75 Å². The van der Waals surface area contributed by atoms with Crippen LogP contribution in [-0.4, -0.2) is 23.1 Å². The molecule has 0 atom stereocenters. The molecule has 0 aliphatic rings. The van der Waals surface area contributed by atoms with Crippen molar-refractivity contribution >= 4 is 41.3 Å². The number of hydrogen-bond acceptors (Lipinski definition) is 5. The van der Waals surface area contributed by atoms with Crippen molar-refractivity contribution in [3.8, 4) is 5.75 Å². The van der Waals surface area contributed by atoms with E-state index in [0.717, 1.165) is 0 Å². The fourth-order valence-electron chi connectivity index (χ4n) is 2.21. The Hall–Kier alpha value is -3.22. The van der Waals surface area contributed by atoms with Gasteiger partial charge in [-0.25, -0.2) is 10.2 Å². The first-order valence-electron chi connectivity index (χ1n) is 8.03. The fourth-order valence-corrected chi connectivity index (χ4v) is 2.69. The van der Waals surface area contributed by atoms with Crippen LogP contribution in [0.1, 0.15) is 26.3 Å². The van der Waals surface area contributed by atoms with E-state index in [9.17, 15) is 9.59 Å². The maximum absolute atomic E-state index is 12.3. The van der Waals surface area contributed by atoms with Crippen molar-refractivity contribution in [2.75, 3.05) is 0 Å². The van der Waals surface area contributed by atoms with Crippen LogP contribution in [0.4, 0.5) is 0 Å². The van der Waals surface area contributed by atoms with Gasteiger partial charge in [-0.2, -0.15) is 5.10 Å². The highest BCUT2D eigenvalue weighted by Gasteiger charge is 2.13. The number of aromatic nitrogens is 1. The maximum atomic E-state index is 12.3. The lowest BCUT2D eigenvalue weighted by Gasteiger charge is -2.06. The van der Waals surface area contributed by atoms with Crippen molar-refractivity contribution < 1.29 is 14.3 Å². The summed E-state index contributed by atoms with van der Waals surface area (Å²) >= 11 is 11.8. The van der Waals surface area contributed by atoms with E-state index in [4.69, 9.17) is 27.9 Å². The second-order valence-electron chi connectivity index (χ2n) is 5.52. The van der Waals surface area contributed by atoms with E-state index in [1.165, 1.54) is 30.7 Å². The molecular weight excluding hydrogens is 401 g/mol. The smallest absolute Gasteiger partial charge is 0.345 e. The maximum Gasteiger partial charge on any atom is 0.345 e. The van der Waals surface area contributed by atoms with Crippen LogP contribution >= 0.6 is 23.2 Å². The molecule has 0 fully saturated rings. The number of carbonyl (C=O) groups is 2. The van der Waals surface area contributed by atoms with Gasteiger partial charge in [0.1, 0.15) is 5.75 Å². The Labute approximate surface area is 170 Å². The van der Waals surface area contributed by atoms with E-state index in [1.807, 2.05) is 0 Å². The molecular formula is C20H13Cl2N3O3. The Morgan fingerprint density at radius 2 is 1.82 bits per heavy atom. The zero-order valence-corrected chi connectivity index (χ0v) is 15.8. The molecule has 0 unspecified atom stereocenters. The predicted octanol–water partition coefficient (Wildman–Crippen LogP) is 4.37. The molecule has 1 N–H and O–H groups in total. The molecule has 0 aliphatic carbocycles. The minimum atomic E-state index is -0.609. The Balaban J connectivity index is 1.65. The molecule has 140 valence electrons. The molecule has 8 heteroatoms. The number of amides is 1. The van der Waals surface area contributed by atoms with E-state index in [0.29, 0.717) is 21.9 Å². The molecule has 0 bridgehead atoms. The summed E-state index contributed by atoms with van der Waals surface area (Å²) in [6.07, 6.45) is 4.47. The first-order chi connectivity index (χ1) is 13.5. The van der Waals surface area contributed by atoms with Gasteiger partial charge in [0.15, 0.2) is 0 Å². The predicted molar refractivity (Wildman–Crippen MR) is 107 cm³/mol. The van der Waals surface area contributed by atoms with Gasteiger partial charge in [-0.15, -0.1) is 0 Å². The third kappa shape index (κ3) is 5.16. The molecule has 6 nitrogen and oxygen atoms in total. The van der Waals surface area contributed by atoms with Crippen molar-refractivity contribution in [3.63, 3.8) is 0 Å². The largest absolute Gasteiger partial charge is 0.423 e. The molecule has 1 aromatic heterocycles. The van der Waals surface area contributed by atoms with E-state index >= 15 is 0 Å². The highest BCUT2D eigenvalue weighted by molar-refractivity contribution is 6.36. The van der Waals surface area contributed by atoms with Gasteiger partial charge in [-0.1, -0.05) is 35.3 Å². The summed E-state index contributed by atoms with van der Waals surface area (Å²) in [6, 6.07) is 14.3. The van der Waals surface area contributed by atoms with E-state index in [2.05, 4.69) is 15.5 Å². The average molecular weight is 414 g/mol. The summed E-state index contributed by atoms with van der Waals surface area (Å²) in [6.45, 7) is 0. The lowest BCUT2D eigenvalue weighted by molar-refractivity contribution is 0.0734. The number of nitrogens with one attached hydrogen (secondary N) is 1. The summed E-state index contributed by atoms with van der Waals surface area (Å²) in [4.78, 5) is 28.0. The van der Waals surface area contributed by atoms with E-state index < -0.39 is 5.97 Å². The molecule has 3 aromatic rings. The first kappa shape index (κ1) is 19.5. The van der Waals surface area contributed by atoms with Crippen molar-refractivity contribution in [2.45, 2.75) is 0 Å². The van der Waals surface area contributed by atoms with Gasteiger partial charge >= 0.3 is 5.97 Å². The van der Waals surface area contributed by atoms with Crippen LogP contribution < -0.4 is 10.2 Å². The first-order valence-corrected chi connectivity index (χ1v) is 8.79. The standard InChI is InChI=1S/C20H13Cl2N3O3/c21-15-4-5-17(18(22)11-15)20(27)28-16-3-1-2-13(10-16)12-24-25-19(26)14-6-8-23-9-7-14/h1-12H,(H,25,26). The van der Waals surface area contributed by atoms with Crippen LogP contribution in [0.2, 0.25) is 10.0 Å². The molecule has 1 heterocycles. The quantitative estimate of drug-likeness (QED) is 0.291. The van der Waals surface area contributed by atoms with Gasteiger partial charge in [0.2, 0.25) is 0 Å². The Morgan fingerprint density at radius 3 is 2.57 bits per heavy atom. The number of benzene rings is 2. The molecule has 0 spiro atoms. The number of hydrogen-bond donors (Lipinski definition) is 1. The zero-order chi connectivity index (χ0) is 19.9. The summed E-state index contributed by atoms with van der Waals surface area (Å²) in [5, 5.41) is 4.53. The summed E-state index contributed by atoms with van der Waals surface area (Å²) in [5.41, 5.74) is 3.68. The van der Waals surface area contributed by atoms with E-state index in [1.54, 1.807) is 42.5 Å². The second kappa shape index (κ2) is 9.12.